The first-order valence-corrected chi connectivity index (χ1v) is 19.6. The Labute approximate surface area is 334 Å². The predicted molar refractivity (Wildman–Crippen MR) is 221 cm³/mol. The van der Waals surface area contributed by atoms with Gasteiger partial charge in [-0.3, -0.25) is 0 Å². The Hall–Kier alpha value is -4.93. The number of fused-ring (bicyclic) bond motifs is 6. The minimum Gasteiger partial charge on any atom is -0.501 e. The van der Waals surface area contributed by atoms with Crippen molar-refractivity contribution in [3.8, 4) is 22.5 Å². The van der Waals surface area contributed by atoms with Crippen LogP contribution in [0.25, 0.3) is 64.6 Å². The zero-order valence-electron chi connectivity index (χ0n) is 30.2. The molecule has 1 fully saturated rings. The fraction of sp³-hybridized carbons (Fsp3) is 0.184. The molecule has 1 aliphatic carbocycles. The molecule has 9 aromatic rings. The van der Waals surface area contributed by atoms with E-state index in [1.807, 2.05) is 48.0 Å². The van der Waals surface area contributed by atoms with Crippen LogP contribution in [0.3, 0.4) is 0 Å². The number of pyridine rings is 2. The maximum absolute atomic E-state index is 6.16. The van der Waals surface area contributed by atoms with Gasteiger partial charge in [0.1, 0.15) is 5.58 Å². The predicted octanol–water partition coefficient (Wildman–Crippen LogP) is 13.6. The maximum atomic E-state index is 6.16. The number of nitrogens with zero attached hydrogens (tertiary/aromatic N) is 2. The Morgan fingerprint density at radius 3 is 2.24 bits per heavy atom. The number of aromatic nitrogens is 2. The van der Waals surface area contributed by atoms with E-state index in [-0.39, 0.29) is 20.1 Å². The molecule has 0 saturated heterocycles. The van der Waals surface area contributed by atoms with Gasteiger partial charge in [-0.25, -0.2) is 0 Å². The minimum atomic E-state index is 0. The second-order valence-electron chi connectivity index (χ2n) is 14.3. The molecular formula is C49H40IrN2OS-2. The number of furan rings is 1. The minimum absolute atomic E-state index is 0. The first-order valence-electron chi connectivity index (χ1n) is 18.8. The number of para-hydroxylation sites is 1. The molecule has 1 saturated carbocycles. The summed E-state index contributed by atoms with van der Waals surface area (Å²) in [5, 5.41) is 4.87. The third-order valence-electron chi connectivity index (χ3n) is 10.8. The molecule has 1 radical (unpaired) electrons. The summed E-state index contributed by atoms with van der Waals surface area (Å²) in [7, 11) is 0. The Morgan fingerprint density at radius 2 is 1.43 bits per heavy atom. The molecule has 1 unspecified atom stereocenters. The molecule has 5 heteroatoms. The summed E-state index contributed by atoms with van der Waals surface area (Å²) in [5.41, 5.74) is 9.72. The maximum Gasteiger partial charge on any atom is 0.120 e. The molecule has 10 rings (SSSR count). The monoisotopic (exact) mass is 897 g/mol. The van der Waals surface area contributed by atoms with Gasteiger partial charge in [-0.1, -0.05) is 146 Å². The van der Waals surface area contributed by atoms with Gasteiger partial charge in [0.2, 0.25) is 0 Å². The molecule has 54 heavy (non-hydrogen) atoms. The van der Waals surface area contributed by atoms with Crippen molar-refractivity contribution in [2.45, 2.75) is 51.4 Å². The molecule has 5 aromatic carbocycles. The third-order valence-corrected chi connectivity index (χ3v) is 12.1. The number of rotatable bonds is 6. The largest absolute Gasteiger partial charge is 0.501 e. The fourth-order valence-electron chi connectivity index (χ4n) is 7.97. The van der Waals surface area contributed by atoms with Gasteiger partial charge in [0.05, 0.1) is 5.58 Å². The Morgan fingerprint density at radius 1 is 0.685 bits per heavy atom. The summed E-state index contributed by atoms with van der Waals surface area (Å²) in [6, 6.07) is 51.1. The Kier molecular flexibility index (Phi) is 10.8. The molecule has 0 bridgehead atoms. The van der Waals surface area contributed by atoms with Crippen LogP contribution in [0.2, 0.25) is 0 Å². The van der Waals surface area contributed by atoms with Crippen molar-refractivity contribution in [2.75, 3.05) is 0 Å². The molecule has 1 atom stereocenters. The van der Waals surface area contributed by atoms with Gasteiger partial charge in [-0.15, -0.1) is 42.0 Å². The second kappa shape index (κ2) is 16.2. The van der Waals surface area contributed by atoms with E-state index in [0.29, 0.717) is 5.92 Å². The first-order chi connectivity index (χ1) is 26.2. The molecule has 0 amide bonds. The molecule has 0 N–H and O–H groups in total. The zero-order valence-corrected chi connectivity index (χ0v) is 33.4. The van der Waals surface area contributed by atoms with E-state index >= 15 is 0 Å². The van der Waals surface area contributed by atoms with Crippen LogP contribution in [0.5, 0.6) is 0 Å². The topological polar surface area (TPSA) is 38.9 Å². The van der Waals surface area contributed by atoms with Crippen LogP contribution in [0, 0.1) is 18.1 Å². The van der Waals surface area contributed by atoms with Crippen molar-refractivity contribution in [2.24, 2.45) is 5.92 Å². The molecule has 269 valence electrons. The van der Waals surface area contributed by atoms with E-state index in [0.717, 1.165) is 56.8 Å². The third kappa shape index (κ3) is 7.29. The number of hydrogen-bond acceptors (Lipinski definition) is 4. The van der Waals surface area contributed by atoms with Gasteiger partial charge < -0.3 is 14.4 Å². The summed E-state index contributed by atoms with van der Waals surface area (Å²) in [4.78, 5) is 9.42. The van der Waals surface area contributed by atoms with Gasteiger partial charge in [-0.05, 0) is 63.1 Å². The van der Waals surface area contributed by atoms with Crippen molar-refractivity contribution < 1.29 is 24.5 Å². The summed E-state index contributed by atoms with van der Waals surface area (Å²) >= 11 is 1.82. The number of hydrogen-bond donors (Lipinski definition) is 0. The van der Waals surface area contributed by atoms with Crippen molar-refractivity contribution >= 4 is 53.4 Å². The normalized spacial score (nSPS) is 13.8. The van der Waals surface area contributed by atoms with Gasteiger partial charge in [0.15, 0.2) is 0 Å². The molecular weight excluding hydrogens is 857 g/mol. The van der Waals surface area contributed by atoms with Crippen LogP contribution >= 0.6 is 11.3 Å². The van der Waals surface area contributed by atoms with Crippen molar-refractivity contribution in [1.82, 2.24) is 9.97 Å². The van der Waals surface area contributed by atoms with Gasteiger partial charge in [0, 0.05) is 48.5 Å². The van der Waals surface area contributed by atoms with Crippen LogP contribution in [0.15, 0.2) is 144 Å². The molecule has 4 heterocycles. The SMILES string of the molecule is CC(c1ccccc1)c1ccc(-c2[c-]ccc3c2sc2ccccc23)nc1.[Ir].[c-]1ccc2c(oc3ccccc32)c1-c1cc(CC2CCCCC2)ccn1. The molecule has 1 aliphatic rings. The average molecular weight is 897 g/mol. The van der Waals surface area contributed by atoms with Crippen LogP contribution in [-0.2, 0) is 26.5 Å². The molecule has 0 aliphatic heterocycles. The first kappa shape index (κ1) is 36.1. The van der Waals surface area contributed by atoms with E-state index in [9.17, 15) is 0 Å². The summed E-state index contributed by atoms with van der Waals surface area (Å²) in [5.74, 6) is 1.15. The van der Waals surface area contributed by atoms with Gasteiger partial charge in [0.25, 0.3) is 0 Å². The molecule has 3 nitrogen and oxygen atoms in total. The van der Waals surface area contributed by atoms with Crippen molar-refractivity contribution in [3.63, 3.8) is 0 Å². The smallest absolute Gasteiger partial charge is 0.120 e. The standard InChI is InChI=1S/C25H18NS.C24H22NO.Ir/c1-17(18-8-3-2-4-9-18)19-14-15-23(26-16-19)22-12-7-11-21-20-10-5-6-13-24(20)27-25(21)22;1-2-7-17(8-3-1)15-18-13-14-25-22(16-18)21-11-6-10-20-19-9-4-5-12-23(19)26-24(20)21;/h2-11,13-17H,1H3;4-6,9-10,12-14,16-17H,1-3,7-8,15H2;/q2*-1;. The van der Waals surface area contributed by atoms with E-state index in [2.05, 4.69) is 127 Å². The fourth-order valence-corrected chi connectivity index (χ4v) is 9.18. The van der Waals surface area contributed by atoms with Crippen LogP contribution < -0.4 is 0 Å². The van der Waals surface area contributed by atoms with Crippen molar-refractivity contribution in [3.05, 3.63) is 169 Å². The van der Waals surface area contributed by atoms with E-state index < -0.39 is 0 Å². The van der Waals surface area contributed by atoms with Crippen molar-refractivity contribution in [1.29, 1.82) is 0 Å². The number of thiophene rings is 1. The summed E-state index contributed by atoms with van der Waals surface area (Å²) < 4.78 is 8.72. The van der Waals surface area contributed by atoms with E-state index in [1.54, 1.807) is 0 Å². The average Bonchev–Trinajstić information content (AvgIpc) is 3.81. The van der Waals surface area contributed by atoms with E-state index in [4.69, 9.17) is 9.40 Å². The number of benzene rings is 5. The zero-order chi connectivity index (χ0) is 35.6. The second-order valence-corrected chi connectivity index (χ2v) is 15.3. The van der Waals surface area contributed by atoms with Gasteiger partial charge >= 0.3 is 0 Å². The molecule has 4 aromatic heterocycles. The summed E-state index contributed by atoms with van der Waals surface area (Å²) in [6.45, 7) is 2.23. The Bertz CT molecular complexity index is 2660. The van der Waals surface area contributed by atoms with E-state index in [1.165, 1.54) is 69.0 Å². The van der Waals surface area contributed by atoms with Crippen LogP contribution in [0.4, 0.5) is 0 Å². The quantitative estimate of drug-likeness (QED) is 0.156. The van der Waals surface area contributed by atoms with Crippen LogP contribution in [0.1, 0.15) is 61.6 Å². The molecule has 0 spiro atoms. The van der Waals surface area contributed by atoms with Crippen LogP contribution in [-0.4, -0.2) is 9.97 Å². The Balaban J connectivity index is 0.000000150. The van der Waals surface area contributed by atoms with Gasteiger partial charge in [-0.2, -0.15) is 11.3 Å². The summed E-state index contributed by atoms with van der Waals surface area (Å²) in [6.07, 6.45) is 12.0.